The number of rotatable bonds is 7. The predicted octanol–water partition coefficient (Wildman–Crippen LogP) is 2.12. The number of benzene rings is 1. The lowest BCUT2D eigenvalue weighted by Gasteiger charge is -2.37. The normalized spacial score (nSPS) is 18.3. The molecule has 2 heterocycles. The Morgan fingerprint density at radius 1 is 1.03 bits per heavy atom. The van der Waals surface area contributed by atoms with E-state index in [1.165, 1.54) is 25.1 Å². The molecule has 0 amide bonds. The first-order valence-corrected chi connectivity index (χ1v) is 10.4. The highest BCUT2D eigenvalue weighted by atomic mass is 127. The lowest BCUT2D eigenvalue weighted by molar-refractivity contribution is 0.0372. The van der Waals surface area contributed by atoms with Crippen molar-refractivity contribution in [3.05, 3.63) is 24.3 Å². The van der Waals surface area contributed by atoms with Crippen LogP contribution in [0.5, 0.6) is 5.75 Å². The molecule has 29 heavy (non-hydrogen) atoms. The molecular weight excluding hydrogens is 481 g/mol. The summed E-state index contributed by atoms with van der Waals surface area (Å²) in [6, 6.07) is 8.32. The van der Waals surface area contributed by atoms with Crippen LogP contribution in [0.15, 0.2) is 29.3 Å². The molecule has 2 aliphatic rings. The van der Waals surface area contributed by atoms with Gasteiger partial charge in [0.15, 0.2) is 5.96 Å². The fourth-order valence-electron chi connectivity index (χ4n) is 3.79. The van der Waals surface area contributed by atoms with Crippen molar-refractivity contribution in [2.24, 2.45) is 4.99 Å². The SMILES string of the molecule is CN=C(NCCCCN1CCOCC1)N1CCN(c2ccc(OC)cc2)CC1.I. The Kier molecular flexibility index (Phi) is 10.9. The van der Waals surface area contributed by atoms with E-state index >= 15 is 0 Å². The van der Waals surface area contributed by atoms with Gasteiger partial charge in [0.05, 0.1) is 20.3 Å². The molecule has 1 aromatic carbocycles. The molecule has 2 aliphatic heterocycles. The van der Waals surface area contributed by atoms with Gasteiger partial charge in [0.1, 0.15) is 5.75 Å². The van der Waals surface area contributed by atoms with Crippen LogP contribution in [0.1, 0.15) is 12.8 Å². The first-order chi connectivity index (χ1) is 13.8. The molecule has 0 spiro atoms. The maximum absolute atomic E-state index is 5.40. The van der Waals surface area contributed by atoms with Gasteiger partial charge in [0, 0.05) is 58.5 Å². The van der Waals surface area contributed by atoms with Gasteiger partial charge < -0.3 is 24.6 Å². The third-order valence-corrected chi connectivity index (χ3v) is 5.52. The second-order valence-corrected chi connectivity index (χ2v) is 7.31. The lowest BCUT2D eigenvalue weighted by Crippen LogP contribution is -2.52. The summed E-state index contributed by atoms with van der Waals surface area (Å²) < 4.78 is 10.7. The average molecular weight is 517 g/mol. The molecule has 0 saturated carbocycles. The maximum Gasteiger partial charge on any atom is 0.193 e. The summed E-state index contributed by atoms with van der Waals surface area (Å²) in [5.74, 6) is 1.93. The number of halogens is 1. The molecule has 7 nitrogen and oxygen atoms in total. The van der Waals surface area contributed by atoms with Crippen LogP contribution < -0.4 is 15.0 Å². The van der Waals surface area contributed by atoms with E-state index in [1.807, 2.05) is 19.2 Å². The van der Waals surface area contributed by atoms with E-state index in [2.05, 4.69) is 37.1 Å². The quantitative estimate of drug-likeness (QED) is 0.259. The highest BCUT2D eigenvalue weighted by Gasteiger charge is 2.19. The van der Waals surface area contributed by atoms with E-state index in [1.54, 1.807) is 7.11 Å². The van der Waals surface area contributed by atoms with Crippen molar-refractivity contribution in [1.29, 1.82) is 0 Å². The van der Waals surface area contributed by atoms with Crippen LogP contribution in [-0.2, 0) is 4.74 Å². The fourth-order valence-corrected chi connectivity index (χ4v) is 3.79. The second kappa shape index (κ2) is 13.1. The summed E-state index contributed by atoms with van der Waals surface area (Å²) in [5.41, 5.74) is 1.26. The summed E-state index contributed by atoms with van der Waals surface area (Å²) >= 11 is 0. The molecule has 0 radical (unpaired) electrons. The number of hydrogen-bond donors (Lipinski definition) is 1. The van der Waals surface area contributed by atoms with E-state index in [-0.39, 0.29) is 24.0 Å². The number of guanidine groups is 1. The van der Waals surface area contributed by atoms with Crippen molar-refractivity contribution < 1.29 is 9.47 Å². The number of nitrogens with zero attached hydrogens (tertiary/aromatic N) is 4. The Labute approximate surface area is 192 Å². The number of hydrogen-bond acceptors (Lipinski definition) is 5. The van der Waals surface area contributed by atoms with E-state index in [0.717, 1.165) is 70.7 Å². The lowest BCUT2D eigenvalue weighted by atomic mass is 10.2. The summed E-state index contributed by atoms with van der Waals surface area (Å²) in [6.07, 6.45) is 2.39. The number of morpholine rings is 1. The zero-order chi connectivity index (χ0) is 19.6. The number of methoxy groups -OCH3 is 1. The Morgan fingerprint density at radius 3 is 2.34 bits per heavy atom. The van der Waals surface area contributed by atoms with Crippen molar-refractivity contribution in [2.75, 3.05) is 84.6 Å². The van der Waals surface area contributed by atoms with E-state index in [4.69, 9.17) is 9.47 Å². The monoisotopic (exact) mass is 517 g/mol. The Bertz CT molecular complexity index is 600. The number of aliphatic imine (C=N–C) groups is 1. The molecule has 0 aliphatic carbocycles. The number of ether oxygens (including phenoxy) is 2. The van der Waals surface area contributed by atoms with Gasteiger partial charge in [-0.05, 0) is 43.7 Å². The molecule has 0 atom stereocenters. The highest BCUT2D eigenvalue weighted by molar-refractivity contribution is 14.0. The average Bonchev–Trinajstić information content (AvgIpc) is 2.77. The van der Waals surface area contributed by atoms with Crippen LogP contribution in [0.3, 0.4) is 0 Å². The van der Waals surface area contributed by atoms with Crippen molar-refractivity contribution in [2.45, 2.75) is 12.8 Å². The third kappa shape index (κ3) is 7.49. The van der Waals surface area contributed by atoms with Crippen molar-refractivity contribution in [3.63, 3.8) is 0 Å². The van der Waals surface area contributed by atoms with E-state index in [0.29, 0.717) is 0 Å². The molecule has 2 fully saturated rings. The van der Waals surface area contributed by atoms with Crippen molar-refractivity contribution in [3.8, 4) is 5.75 Å². The van der Waals surface area contributed by atoms with Crippen LogP contribution >= 0.6 is 24.0 Å². The zero-order valence-corrected chi connectivity index (χ0v) is 20.1. The van der Waals surface area contributed by atoms with Gasteiger partial charge in [0.2, 0.25) is 0 Å². The molecule has 164 valence electrons. The summed E-state index contributed by atoms with van der Waals surface area (Å²) in [6.45, 7) is 10.1. The van der Waals surface area contributed by atoms with Gasteiger partial charge in [-0.3, -0.25) is 9.89 Å². The Hall–Kier alpha value is -1.26. The number of anilines is 1. The summed E-state index contributed by atoms with van der Waals surface area (Å²) in [5, 5.41) is 3.54. The van der Waals surface area contributed by atoms with Crippen LogP contribution in [0, 0.1) is 0 Å². The second-order valence-electron chi connectivity index (χ2n) is 7.31. The van der Waals surface area contributed by atoms with Crippen molar-refractivity contribution >= 4 is 35.6 Å². The number of nitrogens with one attached hydrogen (secondary N) is 1. The zero-order valence-electron chi connectivity index (χ0n) is 17.8. The minimum absolute atomic E-state index is 0. The smallest absolute Gasteiger partial charge is 0.193 e. The molecule has 0 aromatic heterocycles. The van der Waals surface area contributed by atoms with Crippen LogP contribution in [-0.4, -0.2) is 95.5 Å². The van der Waals surface area contributed by atoms with Crippen LogP contribution in [0.4, 0.5) is 5.69 Å². The first kappa shape index (κ1) is 24.0. The molecule has 8 heteroatoms. The molecular formula is C21H36IN5O2. The van der Waals surface area contributed by atoms with E-state index in [9.17, 15) is 0 Å². The number of unbranched alkanes of at least 4 members (excludes halogenated alkanes) is 1. The standard InChI is InChI=1S/C21H35N5O2.HI/c1-22-21(23-9-3-4-10-24-15-17-28-18-16-24)26-13-11-25(12-14-26)19-5-7-20(27-2)8-6-19;/h5-8H,3-4,9-18H2,1-2H3,(H,22,23);1H. The Balaban J connectivity index is 0.00000300. The largest absolute Gasteiger partial charge is 0.497 e. The molecule has 2 saturated heterocycles. The predicted molar refractivity (Wildman–Crippen MR) is 130 cm³/mol. The maximum atomic E-state index is 5.40. The molecule has 3 rings (SSSR count). The number of piperazine rings is 1. The summed E-state index contributed by atoms with van der Waals surface area (Å²) in [4.78, 5) is 11.8. The third-order valence-electron chi connectivity index (χ3n) is 5.52. The van der Waals surface area contributed by atoms with Gasteiger partial charge in [-0.25, -0.2) is 0 Å². The molecule has 0 bridgehead atoms. The van der Waals surface area contributed by atoms with Crippen LogP contribution in [0.2, 0.25) is 0 Å². The topological polar surface area (TPSA) is 52.6 Å². The van der Waals surface area contributed by atoms with Crippen molar-refractivity contribution in [1.82, 2.24) is 15.1 Å². The van der Waals surface area contributed by atoms with E-state index < -0.39 is 0 Å². The summed E-state index contributed by atoms with van der Waals surface area (Å²) in [7, 11) is 3.58. The highest BCUT2D eigenvalue weighted by Crippen LogP contribution is 2.20. The van der Waals surface area contributed by atoms with Gasteiger partial charge in [-0.15, -0.1) is 24.0 Å². The Morgan fingerprint density at radius 2 is 1.72 bits per heavy atom. The van der Waals surface area contributed by atoms with Gasteiger partial charge in [0.25, 0.3) is 0 Å². The molecule has 1 aromatic rings. The minimum Gasteiger partial charge on any atom is -0.497 e. The minimum atomic E-state index is 0. The molecule has 0 unspecified atom stereocenters. The molecule has 1 N–H and O–H groups in total. The van der Waals surface area contributed by atoms with Crippen LogP contribution in [0.25, 0.3) is 0 Å². The first-order valence-electron chi connectivity index (χ1n) is 10.4. The van der Waals surface area contributed by atoms with Gasteiger partial charge >= 0.3 is 0 Å². The van der Waals surface area contributed by atoms with Gasteiger partial charge in [-0.2, -0.15) is 0 Å². The fraction of sp³-hybridized carbons (Fsp3) is 0.667. The van der Waals surface area contributed by atoms with Gasteiger partial charge in [-0.1, -0.05) is 0 Å².